The number of anilines is 1. The Morgan fingerprint density at radius 3 is 2.71 bits per heavy atom. The highest BCUT2D eigenvalue weighted by Gasteiger charge is 2.08. The van der Waals surface area contributed by atoms with Gasteiger partial charge in [-0.15, -0.1) is 0 Å². The summed E-state index contributed by atoms with van der Waals surface area (Å²) in [6, 6.07) is 4.54. The zero-order valence-electron chi connectivity index (χ0n) is 11.2. The summed E-state index contributed by atoms with van der Waals surface area (Å²) in [6.45, 7) is 0.567. The van der Waals surface area contributed by atoms with Crippen LogP contribution in [0.4, 0.5) is 5.82 Å². The molecule has 0 saturated carbocycles. The Morgan fingerprint density at radius 2 is 2.05 bits per heavy atom. The Balaban J connectivity index is 2.15. The fourth-order valence-electron chi connectivity index (χ4n) is 1.75. The quantitative estimate of drug-likeness (QED) is 0.655. The SMILES string of the molecule is CS(=O)(=O)NCCNc1ncnc2cc(C(=O)O)ccc12. The summed E-state index contributed by atoms with van der Waals surface area (Å²) in [5, 5.41) is 12.6. The third-order valence-electron chi connectivity index (χ3n) is 2.67. The lowest BCUT2D eigenvalue weighted by Gasteiger charge is -2.08. The number of fused-ring (bicyclic) bond motifs is 1. The zero-order valence-corrected chi connectivity index (χ0v) is 12.0. The Kier molecular flexibility index (Phi) is 4.34. The van der Waals surface area contributed by atoms with Crippen LogP contribution in [0.15, 0.2) is 24.5 Å². The average molecular weight is 310 g/mol. The predicted octanol–water partition coefficient (Wildman–Crippen LogP) is 0.289. The van der Waals surface area contributed by atoms with Crippen LogP contribution < -0.4 is 10.0 Å². The molecule has 112 valence electrons. The molecule has 0 atom stereocenters. The first kappa shape index (κ1) is 15.1. The number of sulfonamides is 1. The van der Waals surface area contributed by atoms with Gasteiger partial charge in [-0.25, -0.2) is 27.9 Å². The smallest absolute Gasteiger partial charge is 0.335 e. The molecule has 9 heteroatoms. The minimum Gasteiger partial charge on any atom is -0.478 e. The van der Waals surface area contributed by atoms with E-state index in [1.165, 1.54) is 18.5 Å². The topological polar surface area (TPSA) is 121 Å². The largest absolute Gasteiger partial charge is 0.478 e. The molecule has 0 saturated heterocycles. The van der Waals surface area contributed by atoms with Gasteiger partial charge in [0, 0.05) is 18.5 Å². The Morgan fingerprint density at radius 1 is 1.29 bits per heavy atom. The summed E-state index contributed by atoms with van der Waals surface area (Å²) < 4.78 is 24.2. The second-order valence-corrected chi connectivity index (χ2v) is 6.19. The van der Waals surface area contributed by atoms with E-state index >= 15 is 0 Å². The van der Waals surface area contributed by atoms with Gasteiger partial charge < -0.3 is 10.4 Å². The highest BCUT2D eigenvalue weighted by atomic mass is 32.2. The van der Waals surface area contributed by atoms with Crippen molar-refractivity contribution in [3.63, 3.8) is 0 Å². The molecule has 0 fully saturated rings. The minimum atomic E-state index is -3.22. The molecule has 0 bridgehead atoms. The van der Waals surface area contributed by atoms with Gasteiger partial charge in [-0.1, -0.05) is 0 Å². The molecule has 2 rings (SSSR count). The van der Waals surface area contributed by atoms with Gasteiger partial charge in [0.15, 0.2) is 0 Å². The molecule has 21 heavy (non-hydrogen) atoms. The van der Waals surface area contributed by atoms with Gasteiger partial charge in [0.1, 0.15) is 12.1 Å². The van der Waals surface area contributed by atoms with Crippen LogP contribution in [-0.2, 0) is 10.0 Å². The van der Waals surface area contributed by atoms with E-state index in [9.17, 15) is 13.2 Å². The number of aromatic nitrogens is 2. The third-order valence-corrected chi connectivity index (χ3v) is 3.39. The maximum absolute atomic E-state index is 10.9. The van der Waals surface area contributed by atoms with Crippen LogP contribution in [0.1, 0.15) is 10.4 Å². The van der Waals surface area contributed by atoms with E-state index in [0.29, 0.717) is 23.3 Å². The molecule has 3 N–H and O–H groups in total. The van der Waals surface area contributed by atoms with Crippen LogP contribution in [0.2, 0.25) is 0 Å². The first-order valence-electron chi connectivity index (χ1n) is 6.03. The Bertz CT molecular complexity index is 776. The highest BCUT2D eigenvalue weighted by molar-refractivity contribution is 7.88. The summed E-state index contributed by atoms with van der Waals surface area (Å²) in [6.07, 6.45) is 2.40. The normalized spacial score (nSPS) is 11.5. The van der Waals surface area contributed by atoms with E-state index in [1.54, 1.807) is 6.07 Å². The fraction of sp³-hybridized carbons (Fsp3) is 0.250. The zero-order chi connectivity index (χ0) is 15.5. The average Bonchev–Trinajstić information content (AvgIpc) is 2.42. The van der Waals surface area contributed by atoms with Gasteiger partial charge in [0.05, 0.1) is 17.3 Å². The van der Waals surface area contributed by atoms with E-state index in [-0.39, 0.29) is 12.1 Å². The molecule has 0 unspecified atom stereocenters. The van der Waals surface area contributed by atoms with Crippen LogP contribution in [0, 0.1) is 0 Å². The summed E-state index contributed by atoms with van der Waals surface area (Å²) in [7, 11) is -3.22. The molecule has 2 aromatic rings. The van der Waals surface area contributed by atoms with Gasteiger partial charge in [0.2, 0.25) is 10.0 Å². The monoisotopic (exact) mass is 310 g/mol. The summed E-state index contributed by atoms with van der Waals surface area (Å²) in [5.41, 5.74) is 0.648. The summed E-state index contributed by atoms with van der Waals surface area (Å²) in [4.78, 5) is 19.0. The van der Waals surface area contributed by atoms with E-state index in [4.69, 9.17) is 5.11 Å². The molecule has 1 aromatic heterocycles. The van der Waals surface area contributed by atoms with E-state index in [2.05, 4.69) is 20.0 Å². The summed E-state index contributed by atoms with van der Waals surface area (Å²) in [5.74, 6) is -0.505. The van der Waals surface area contributed by atoms with Gasteiger partial charge in [0.25, 0.3) is 0 Å². The van der Waals surface area contributed by atoms with E-state index in [0.717, 1.165) is 6.26 Å². The lowest BCUT2D eigenvalue weighted by Crippen LogP contribution is -2.27. The van der Waals surface area contributed by atoms with Gasteiger partial charge in [-0.3, -0.25) is 0 Å². The Hall–Kier alpha value is -2.26. The fourth-order valence-corrected chi connectivity index (χ4v) is 2.22. The minimum absolute atomic E-state index is 0.144. The molecular formula is C12H14N4O4S. The molecule has 0 aliphatic heterocycles. The van der Waals surface area contributed by atoms with Crippen LogP contribution in [0.5, 0.6) is 0 Å². The molecule has 0 radical (unpaired) electrons. The van der Waals surface area contributed by atoms with Crippen molar-refractivity contribution in [3.8, 4) is 0 Å². The first-order valence-corrected chi connectivity index (χ1v) is 7.92. The number of hydrogen-bond donors (Lipinski definition) is 3. The molecule has 8 nitrogen and oxygen atoms in total. The molecule has 1 heterocycles. The molecular weight excluding hydrogens is 296 g/mol. The van der Waals surface area contributed by atoms with Crippen molar-refractivity contribution in [1.82, 2.24) is 14.7 Å². The standard InChI is InChI=1S/C12H14N4O4S/c1-21(19,20)16-5-4-13-11-9-3-2-8(12(17)18)6-10(9)14-7-15-11/h2-3,6-7,16H,4-5H2,1H3,(H,17,18)(H,13,14,15). The molecule has 0 aliphatic carbocycles. The van der Waals surface area contributed by atoms with Crippen molar-refractivity contribution < 1.29 is 18.3 Å². The van der Waals surface area contributed by atoms with Crippen molar-refractivity contribution in [2.45, 2.75) is 0 Å². The number of nitrogens with one attached hydrogen (secondary N) is 2. The molecule has 0 aliphatic rings. The van der Waals surface area contributed by atoms with Crippen LogP contribution in [0.25, 0.3) is 10.9 Å². The number of aromatic carboxylic acids is 1. The van der Waals surface area contributed by atoms with Crippen molar-refractivity contribution in [2.24, 2.45) is 0 Å². The first-order chi connectivity index (χ1) is 9.87. The molecule has 0 amide bonds. The predicted molar refractivity (Wildman–Crippen MR) is 77.8 cm³/mol. The highest BCUT2D eigenvalue weighted by Crippen LogP contribution is 2.20. The number of carboxylic acid groups (broad SMARTS) is 1. The number of rotatable bonds is 6. The Labute approximate surface area is 121 Å². The number of carboxylic acids is 1. The van der Waals surface area contributed by atoms with Crippen molar-refractivity contribution in [3.05, 3.63) is 30.1 Å². The van der Waals surface area contributed by atoms with Gasteiger partial charge in [-0.05, 0) is 18.2 Å². The maximum Gasteiger partial charge on any atom is 0.335 e. The molecule has 1 aromatic carbocycles. The lowest BCUT2D eigenvalue weighted by molar-refractivity contribution is 0.0697. The van der Waals surface area contributed by atoms with Crippen molar-refractivity contribution in [1.29, 1.82) is 0 Å². The van der Waals surface area contributed by atoms with Crippen LogP contribution in [-0.4, -0.2) is 48.8 Å². The second-order valence-electron chi connectivity index (χ2n) is 4.35. The summed E-state index contributed by atoms with van der Waals surface area (Å²) >= 11 is 0. The number of hydrogen-bond acceptors (Lipinski definition) is 6. The van der Waals surface area contributed by atoms with Crippen molar-refractivity contribution in [2.75, 3.05) is 24.7 Å². The van der Waals surface area contributed by atoms with Crippen LogP contribution >= 0.6 is 0 Å². The number of nitrogens with zero attached hydrogens (tertiary/aromatic N) is 2. The lowest BCUT2D eigenvalue weighted by atomic mass is 10.1. The molecule has 0 spiro atoms. The third kappa shape index (κ3) is 4.10. The van der Waals surface area contributed by atoms with Crippen LogP contribution in [0.3, 0.4) is 0 Å². The van der Waals surface area contributed by atoms with Gasteiger partial charge >= 0.3 is 5.97 Å². The number of carbonyl (C=O) groups is 1. The number of benzene rings is 1. The van der Waals surface area contributed by atoms with Crippen molar-refractivity contribution >= 4 is 32.7 Å². The second kappa shape index (κ2) is 6.02. The van der Waals surface area contributed by atoms with E-state index in [1.807, 2.05) is 0 Å². The maximum atomic E-state index is 10.9. The van der Waals surface area contributed by atoms with E-state index < -0.39 is 16.0 Å². The van der Waals surface area contributed by atoms with Gasteiger partial charge in [-0.2, -0.15) is 0 Å².